The van der Waals surface area contributed by atoms with Gasteiger partial charge in [-0.25, -0.2) is 0 Å². The van der Waals surface area contributed by atoms with Gasteiger partial charge in [-0.3, -0.25) is 14.4 Å². The van der Waals surface area contributed by atoms with Gasteiger partial charge in [0.1, 0.15) is 0 Å². The lowest BCUT2D eigenvalue weighted by Crippen LogP contribution is -2.37. The van der Waals surface area contributed by atoms with Crippen LogP contribution < -0.4 is 5.06 Å². The van der Waals surface area contributed by atoms with Crippen molar-refractivity contribution in [2.24, 2.45) is 4.99 Å². The Balaban J connectivity index is 2.21. The maximum atomic E-state index is 11.8. The van der Waals surface area contributed by atoms with Crippen LogP contribution in [0.2, 0.25) is 0 Å². The number of rotatable bonds is 0. The second-order valence-corrected chi connectivity index (χ2v) is 3.24. The largest absolute Gasteiger partial charge is 0.285 e. The van der Waals surface area contributed by atoms with Crippen molar-refractivity contribution < 1.29 is 14.4 Å². The average molecular weight is 202 g/mol. The first-order chi connectivity index (χ1) is 7.27. The van der Waals surface area contributed by atoms with Crippen LogP contribution in [0.3, 0.4) is 0 Å². The number of fused-ring (bicyclic) bond motifs is 3. The molecule has 0 spiro atoms. The molecule has 2 heterocycles. The predicted octanol–water partition coefficient (Wildman–Crippen LogP) is 0.560. The molecule has 0 atom stereocenters. The van der Waals surface area contributed by atoms with E-state index >= 15 is 0 Å². The number of hydrogen-bond donors (Lipinski definition) is 0. The minimum Gasteiger partial charge on any atom is -0.285 e. The van der Waals surface area contributed by atoms with E-state index in [0.29, 0.717) is 11.3 Å². The van der Waals surface area contributed by atoms with Crippen molar-refractivity contribution in [1.29, 1.82) is 0 Å². The molecule has 5 heteroatoms. The zero-order valence-corrected chi connectivity index (χ0v) is 7.64. The maximum Gasteiger partial charge on any atom is 0.276 e. The SMILES string of the molecule is O=C1CON2C(=N1)C(=O)c1ccccc12. The molecule has 1 aromatic carbocycles. The number of amides is 1. The normalized spacial score (nSPS) is 18.7. The number of carbonyl (C=O) groups is 2. The van der Waals surface area contributed by atoms with Crippen molar-refractivity contribution in [1.82, 2.24) is 0 Å². The summed E-state index contributed by atoms with van der Waals surface area (Å²) in [4.78, 5) is 31.6. The molecule has 1 amide bonds. The van der Waals surface area contributed by atoms with Gasteiger partial charge in [-0.05, 0) is 12.1 Å². The molecule has 5 nitrogen and oxygen atoms in total. The quantitative estimate of drug-likeness (QED) is 0.616. The smallest absolute Gasteiger partial charge is 0.276 e. The van der Waals surface area contributed by atoms with Crippen molar-refractivity contribution in [3.8, 4) is 0 Å². The van der Waals surface area contributed by atoms with Gasteiger partial charge < -0.3 is 0 Å². The highest BCUT2D eigenvalue weighted by Gasteiger charge is 2.37. The Morgan fingerprint density at radius 2 is 2.07 bits per heavy atom. The molecule has 74 valence electrons. The number of nitrogens with zero attached hydrogens (tertiary/aromatic N) is 2. The topological polar surface area (TPSA) is 59.0 Å². The summed E-state index contributed by atoms with van der Waals surface area (Å²) < 4.78 is 0. The van der Waals surface area contributed by atoms with E-state index in [4.69, 9.17) is 4.84 Å². The average Bonchev–Trinajstić information content (AvgIpc) is 2.54. The maximum absolute atomic E-state index is 11.8. The molecule has 15 heavy (non-hydrogen) atoms. The van der Waals surface area contributed by atoms with Crippen LogP contribution in [0.25, 0.3) is 0 Å². The number of hydrogen-bond acceptors (Lipinski definition) is 4. The Hall–Kier alpha value is -2.01. The Morgan fingerprint density at radius 3 is 2.93 bits per heavy atom. The summed E-state index contributed by atoms with van der Waals surface area (Å²) in [7, 11) is 0. The first-order valence-corrected chi connectivity index (χ1v) is 4.45. The standard InChI is InChI=1S/C10H6N2O3/c13-8-5-15-12-7-4-2-1-3-6(7)9(14)10(12)11-8/h1-4H,5H2. The summed E-state index contributed by atoms with van der Waals surface area (Å²) in [6.07, 6.45) is 0. The van der Waals surface area contributed by atoms with Crippen LogP contribution in [0, 0.1) is 0 Å². The number of hydroxylamine groups is 1. The molecule has 0 aliphatic carbocycles. The molecule has 0 aromatic heterocycles. The van der Waals surface area contributed by atoms with E-state index in [2.05, 4.69) is 4.99 Å². The minimum absolute atomic E-state index is 0.0625. The zero-order chi connectivity index (χ0) is 10.4. The summed E-state index contributed by atoms with van der Waals surface area (Å²) in [6.45, 7) is -0.120. The van der Waals surface area contributed by atoms with Gasteiger partial charge in [-0.1, -0.05) is 12.1 Å². The van der Waals surface area contributed by atoms with Crippen molar-refractivity contribution in [2.75, 3.05) is 11.7 Å². The molecule has 0 fully saturated rings. The number of amidine groups is 1. The van der Waals surface area contributed by atoms with E-state index in [1.54, 1.807) is 24.3 Å². The summed E-state index contributed by atoms with van der Waals surface area (Å²) in [5, 5.41) is 1.32. The lowest BCUT2D eigenvalue weighted by Gasteiger charge is -2.20. The van der Waals surface area contributed by atoms with E-state index in [1.165, 1.54) is 5.06 Å². The number of benzene rings is 1. The van der Waals surface area contributed by atoms with Crippen molar-refractivity contribution in [2.45, 2.75) is 0 Å². The van der Waals surface area contributed by atoms with E-state index in [-0.39, 0.29) is 18.2 Å². The van der Waals surface area contributed by atoms with Crippen LogP contribution in [-0.2, 0) is 9.63 Å². The van der Waals surface area contributed by atoms with E-state index < -0.39 is 5.91 Å². The van der Waals surface area contributed by atoms with Gasteiger partial charge >= 0.3 is 0 Å². The fourth-order valence-electron chi connectivity index (χ4n) is 1.67. The van der Waals surface area contributed by atoms with E-state index in [1.807, 2.05) is 0 Å². The van der Waals surface area contributed by atoms with Gasteiger partial charge in [0.2, 0.25) is 11.6 Å². The molecule has 1 aromatic rings. The molecular weight excluding hydrogens is 196 g/mol. The van der Waals surface area contributed by atoms with E-state index in [9.17, 15) is 9.59 Å². The van der Waals surface area contributed by atoms with Crippen LogP contribution in [0.1, 0.15) is 10.4 Å². The molecule has 3 rings (SSSR count). The third kappa shape index (κ3) is 1.04. The first-order valence-electron chi connectivity index (χ1n) is 4.45. The number of para-hydroxylation sites is 1. The fraction of sp³-hybridized carbons (Fsp3) is 0.100. The lowest BCUT2D eigenvalue weighted by molar-refractivity contribution is -0.123. The van der Waals surface area contributed by atoms with Gasteiger partial charge in [0, 0.05) is 0 Å². The van der Waals surface area contributed by atoms with Crippen LogP contribution >= 0.6 is 0 Å². The molecule has 0 radical (unpaired) electrons. The number of ketones is 1. The van der Waals surface area contributed by atoms with Crippen molar-refractivity contribution >= 4 is 23.2 Å². The van der Waals surface area contributed by atoms with Gasteiger partial charge in [-0.15, -0.1) is 0 Å². The summed E-state index contributed by atoms with van der Waals surface area (Å²) in [5.74, 6) is -0.631. The van der Waals surface area contributed by atoms with Crippen LogP contribution in [0.15, 0.2) is 29.3 Å². The summed E-state index contributed by atoms with van der Waals surface area (Å²) in [5.41, 5.74) is 1.17. The molecule has 0 bridgehead atoms. The Bertz CT molecular complexity index is 507. The number of anilines is 1. The number of carbonyl (C=O) groups excluding carboxylic acids is 2. The zero-order valence-electron chi connectivity index (χ0n) is 7.64. The molecule has 0 saturated carbocycles. The molecule has 0 N–H and O–H groups in total. The molecule has 0 unspecified atom stereocenters. The Labute approximate surface area is 84.9 Å². The number of aliphatic imine (C=N–C) groups is 1. The van der Waals surface area contributed by atoms with Crippen molar-refractivity contribution in [3.05, 3.63) is 29.8 Å². The highest BCUT2D eigenvalue weighted by Crippen LogP contribution is 2.30. The van der Waals surface area contributed by atoms with Crippen LogP contribution in [0.4, 0.5) is 5.69 Å². The third-order valence-corrected chi connectivity index (χ3v) is 2.31. The summed E-state index contributed by atoms with van der Waals surface area (Å²) >= 11 is 0. The third-order valence-electron chi connectivity index (χ3n) is 2.31. The molecule has 0 saturated heterocycles. The van der Waals surface area contributed by atoms with Gasteiger partial charge in [0.25, 0.3) is 5.91 Å². The van der Waals surface area contributed by atoms with Gasteiger partial charge in [0.05, 0.1) is 11.3 Å². The Kier molecular flexibility index (Phi) is 1.52. The molecule has 2 aliphatic rings. The van der Waals surface area contributed by atoms with Gasteiger partial charge in [0.15, 0.2) is 6.61 Å². The molecule has 2 aliphatic heterocycles. The predicted molar refractivity (Wildman–Crippen MR) is 51.6 cm³/mol. The van der Waals surface area contributed by atoms with Crippen LogP contribution in [-0.4, -0.2) is 24.1 Å². The van der Waals surface area contributed by atoms with Crippen LogP contribution in [0.5, 0.6) is 0 Å². The van der Waals surface area contributed by atoms with Gasteiger partial charge in [-0.2, -0.15) is 10.1 Å². The fourth-order valence-corrected chi connectivity index (χ4v) is 1.67. The molecular formula is C10H6N2O3. The second kappa shape index (κ2) is 2.74. The summed E-state index contributed by atoms with van der Waals surface area (Å²) in [6, 6.07) is 7.00. The Morgan fingerprint density at radius 1 is 1.27 bits per heavy atom. The van der Waals surface area contributed by atoms with E-state index in [0.717, 1.165) is 0 Å². The second-order valence-electron chi connectivity index (χ2n) is 3.24. The monoisotopic (exact) mass is 202 g/mol. The lowest BCUT2D eigenvalue weighted by atomic mass is 10.1. The first kappa shape index (κ1) is 8.31. The minimum atomic E-state index is -0.428. The highest BCUT2D eigenvalue weighted by atomic mass is 16.7. The number of Topliss-reactive ketones (excluding diaryl/α,β-unsaturated/α-hetero) is 1. The van der Waals surface area contributed by atoms with Crippen molar-refractivity contribution in [3.63, 3.8) is 0 Å². The highest BCUT2D eigenvalue weighted by molar-refractivity contribution is 6.55.